The van der Waals surface area contributed by atoms with E-state index in [0.29, 0.717) is 35.3 Å². The Labute approximate surface area is 235 Å². The number of hydrogen-bond acceptors (Lipinski definition) is 4. The minimum absolute atomic E-state index is 0.167. The zero-order valence-corrected chi connectivity index (χ0v) is 22.4. The number of rotatable bonds is 8. The first-order valence-electron chi connectivity index (χ1n) is 12.8. The monoisotopic (exact) mass is 553 g/mol. The summed E-state index contributed by atoms with van der Waals surface area (Å²) >= 11 is 5.98. The molecule has 0 saturated heterocycles. The molecule has 1 aliphatic rings. The van der Waals surface area contributed by atoms with E-state index in [0.717, 1.165) is 33.6 Å². The predicted molar refractivity (Wildman–Crippen MR) is 151 cm³/mol. The number of H-pyrrole nitrogens is 1. The second-order valence-corrected chi connectivity index (χ2v) is 9.97. The molecule has 1 unspecified atom stereocenters. The first-order chi connectivity index (χ1) is 19.5. The van der Waals surface area contributed by atoms with Gasteiger partial charge in [0.15, 0.2) is 0 Å². The van der Waals surface area contributed by atoms with Crippen molar-refractivity contribution in [2.45, 2.75) is 19.2 Å². The lowest BCUT2D eigenvalue weighted by Crippen LogP contribution is -2.29. The summed E-state index contributed by atoms with van der Waals surface area (Å²) in [6.07, 6.45) is 0. The number of nitrogens with one attached hydrogen (secondary N) is 1. The van der Waals surface area contributed by atoms with E-state index in [4.69, 9.17) is 21.1 Å². The Morgan fingerprint density at radius 1 is 0.875 bits per heavy atom. The fourth-order valence-electron chi connectivity index (χ4n) is 4.96. The number of halogens is 2. The smallest absolute Gasteiger partial charge is 0.273 e. The quantitative estimate of drug-likeness (QED) is 0.221. The number of aromatic nitrogens is 2. The van der Waals surface area contributed by atoms with Gasteiger partial charge in [-0.2, -0.15) is 5.10 Å². The molecule has 6 rings (SSSR count). The second kappa shape index (κ2) is 10.9. The number of ether oxygens (including phenoxy) is 2. The number of hydrogen-bond donors (Lipinski definition) is 1. The van der Waals surface area contributed by atoms with E-state index in [1.165, 1.54) is 12.1 Å². The van der Waals surface area contributed by atoms with Crippen molar-refractivity contribution in [1.82, 2.24) is 15.1 Å². The Bertz CT molecular complexity index is 1630. The Balaban J connectivity index is 1.34. The van der Waals surface area contributed by atoms with E-state index < -0.39 is 6.04 Å². The van der Waals surface area contributed by atoms with Crippen molar-refractivity contribution in [3.63, 3.8) is 0 Å². The van der Waals surface area contributed by atoms with Gasteiger partial charge in [0.1, 0.15) is 29.6 Å². The molecule has 4 aromatic carbocycles. The van der Waals surface area contributed by atoms with E-state index in [-0.39, 0.29) is 11.7 Å². The average Bonchev–Trinajstić information content (AvgIpc) is 3.53. The summed E-state index contributed by atoms with van der Waals surface area (Å²) in [6, 6.07) is 28.6. The normalized spacial score (nSPS) is 14.3. The standard InChI is InChI=1S/C32H25ClFN3O3/c1-39-26-14-6-22(7-15-26)29-28-30(36-35-29)32(38)37(18-20-4-12-25(34)13-5-20)31(28)23-8-16-27(17-9-23)40-19-21-2-10-24(33)11-3-21/h2-17,31H,18-19H2,1H3,(H,35,36). The van der Waals surface area contributed by atoms with E-state index >= 15 is 0 Å². The Morgan fingerprint density at radius 3 is 2.20 bits per heavy atom. The highest BCUT2D eigenvalue weighted by Gasteiger charge is 2.42. The van der Waals surface area contributed by atoms with Crippen LogP contribution in [-0.2, 0) is 13.2 Å². The topological polar surface area (TPSA) is 67.5 Å². The van der Waals surface area contributed by atoms with Crippen LogP contribution in [0.1, 0.15) is 38.8 Å². The molecule has 1 aliphatic heterocycles. The first-order valence-corrected chi connectivity index (χ1v) is 13.1. The number of carbonyl (C=O) groups is 1. The molecule has 0 aliphatic carbocycles. The van der Waals surface area contributed by atoms with Gasteiger partial charge < -0.3 is 14.4 Å². The van der Waals surface area contributed by atoms with Gasteiger partial charge in [0.05, 0.1) is 18.8 Å². The molecule has 1 N–H and O–H groups in total. The highest BCUT2D eigenvalue weighted by Crippen LogP contribution is 2.44. The van der Waals surface area contributed by atoms with Gasteiger partial charge in [-0.1, -0.05) is 48.0 Å². The molecular weight excluding hydrogens is 529 g/mol. The molecule has 8 heteroatoms. The summed E-state index contributed by atoms with van der Waals surface area (Å²) in [6.45, 7) is 0.714. The Kier molecular flexibility index (Phi) is 6.97. The molecule has 5 aromatic rings. The molecule has 1 amide bonds. The van der Waals surface area contributed by atoms with E-state index in [1.54, 1.807) is 24.1 Å². The lowest BCUT2D eigenvalue weighted by atomic mass is 9.95. The van der Waals surface area contributed by atoms with E-state index in [2.05, 4.69) is 10.2 Å². The van der Waals surface area contributed by atoms with Crippen molar-refractivity contribution >= 4 is 17.5 Å². The lowest BCUT2D eigenvalue weighted by molar-refractivity contribution is 0.0730. The van der Waals surface area contributed by atoms with Gasteiger partial charge in [0.2, 0.25) is 0 Å². The van der Waals surface area contributed by atoms with Crippen LogP contribution < -0.4 is 9.47 Å². The third-order valence-corrected chi connectivity index (χ3v) is 7.26. The van der Waals surface area contributed by atoms with Gasteiger partial charge in [-0.15, -0.1) is 0 Å². The third-order valence-electron chi connectivity index (χ3n) is 7.01. The van der Waals surface area contributed by atoms with Crippen LogP contribution in [0.25, 0.3) is 11.3 Å². The van der Waals surface area contributed by atoms with Crippen LogP contribution >= 0.6 is 11.6 Å². The van der Waals surface area contributed by atoms with Crippen molar-refractivity contribution in [2.75, 3.05) is 7.11 Å². The molecule has 0 spiro atoms. The van der Waals surface area contributed by atoms with Crippen LogP contribution in [0, 0.1) is 5.82 Å². The SMILES string of the molecule is COc1ccc(-c2n[nH]c3c2C(c2ccc(OCc4ccc(Cl)cc4)cc2)N(Cc2ccc(F)cc2)C3=O)cc1. The van der Waals surface area contributed by atoms with Gasteiger partial charge in [-0.25, -0.2) is 4.39 Å². The number of benzene rings is 4. The highest BCUT2D eigenvalue weighted by molar-refractivity contribution is 6.30. The van der Waals surface area contributed by atoms with Gasteiger partial charge in [-0.3, -0.25) is 9.89 Å². The molecular formula is C32H25ClFN3O3. The summed E-state index contributed by atoms with van der Waals surface area (Å²) in [7, 11) is 1.62. The highest BCUT2D eigenvalue weighted by atomic mass is 35.5. The lowest BCUT2D eigenvalue weighted by Gasteiger charge is -2.26. The van der Waals surface area contributed by atoms with E-state index in [9.17, 15) is 9.18 Å². The summed E-state index contributed by atoms with van der Waals surface area (Å²) in [5.74, 6) is 0.949. The maximum absolute atomic E-state index is 13.7. The van der Waals surface area contributed by atoms with Crippen LogP contribution in [0.4, 0.5) is 4.39 Å². The number of methoxy groups -OCH3 is 1. The van der Waals surface area contributed by atoms with Gasteiger partial charge in [0.25, 0.3) is 5.91 Å². The predicted octanol–water partition coefficient (Wildman–Crippen LogP) is 7.20. The fraction of sp³-hybridized carbons (Fsp3) is 0.125. The maximum Gasteiger partial charge on any atom is 0.273 e. The molecule has 40 heavy (non-hydrogen) atoms. The number of amides is 1. The van der Waals surface area contributed by atoms with Crippen molar-refractivity contribution < 1.29 is 18.7 Å². The van der Waals surface area contributed by atoms with Crippen molar-refractivity contribution in [3.05, 3.63) is 136 Å². The number of nitrogens with zero attached hydrogens (tertiary/aromatic N) is 2. The average molecular weight is 554 g/mol. The van der Waals surface area contributed by atoms with Crippen molar-refractivity contribution in [2.24, 2.45) is 0 Å². The van der Waals surface area contributed by atoms with Crippen molar-refractivity contribution in [1.29, 1.82) is 0 Å². The fourth-order valence-corrected chi connectivity index (χ4v) is 5.08. The summed E-state index contributed by atoms with van der Waals surface area (Å²) < 4.78 is 24.9. The molecule has 0 fully saturated rings. The largest absolute Gasteiger partial charge is 0.497 e. The van der Waals surface area contributed by atoms with Crippen LogP contribution in [0.15, 0.2) is 97.1 Å². The van der Waals surface area contributed by atoms with Gasteiger partial charge >= 0.3 is 0 Å². The van der Waals surface area contributed by atoms with Crippen LogP contribution in [0.3, 0.4) is 0 Å². The molecule has 0 bridgehead atoms. The van der Waals surface area contributed by atoms with Crippen molar-refractivity contribution in [3.8, 4) is 22.8 Å². The minimum atomic E-state index is -0.409. The summed E-state index contributed by atoms with van der Waals surface area (Å²) in [5, 5.41) is 8.19. The zero-order valence-electron chi connectivity index (χ0n) is 21.6. The van der Waals surface area contributed by atoms with E-state index in [1.807, 2.05) is 72.8 Å². The number of carbonyl (C=O) groups excluding carboxylic acids is 1. The summed E-state index contributed by atoms with van der Waals surface area (Å²) in [5.41, 5.74) is 5.54. The summed E-state index contributed by atoms with van der Waals surface area (Å²) in [4.78, 5) is 15.5. The second-order valence-electron chi connectivity index (χ2n) is 9.54. The Hall–Kier alpha value is -4.62. The molecule has 200 valence electrons. The van der Waals surface area contributed by atoms with Crippen LogP contribution in [-0.4, -0.2) is 28.1 Å². The molecule has 1 aromatic heterocycles. The number of aromatic amines is 1. The Morgan fingerprint density at radius 2 is 1.52 bits per heavy atom. The van der Waals surface area contributed by atoms with Crippen LogP contribution in [0.2, 0.25) is 5.02 Å². The molecule has 2 heterocycles. The van der Waals surface area contributed by atoms with Gasteiger partial charge in [-0.05, 0) is 77.4 Å². The molecule has 0 saturated carbocycles. The molecule has 0 radical (unpaired) electrons. The minimum Gasteiger partial charge on any atom is -0.497 e. The third kappa shape index (κ3) is 5.03. The molecule has 6 nitrogen and oxygen atoms in total. The number of fused-ring (bicyclic) bond motifs is 1. The first kappa shape index (κ1) is 25.6. The zero-order chi connectivity index (χ0) is 27.6. The maximum atomic E-state index is 13.7. The van der Waals surface area contributed by atoms with Crippen LogP contribution in [0.5, 0.6) is 11.5 Å². The molecule has 1 atom stereocenters. The van der Waals surface area contributed by atoms with Gasteiger partial charge in [0, 0.05) is 22.7 Å².